The lowest BCUT2D eigenvalue weighted by atomic mass is 10.2. The van der Waals surface area contributed by atoms with Crippen LogP contribution in [0.2, 0.25) is 5.15 Å². The summed E-state index contributed by atoms with van der Waals surface area (Å²) < 4.78 is 0. The molecule has 0 saturated heterocycles. The Bertz CT molecular complexity index is 643. The van der Waals surface area contributed by atoms with Gasteiger partial charge in [-0.25, -0.2) is 4.98 Å². The van der Waals surface area contributed by atoms with E-state index in [1.165, 1.54) is 0 Å². The molecule has 0 spiro atoms. The first-order valence-electron chi connectivity index (χ1n) is 6.88. The number of halogens is 1. The molecule has 1 amide bonds. The number of hydrogen-bond acceptors (Lipinski definition) is 3. The fourth-order valence-corrected chi connectivity index (χ4v) is 2.09. The normalized spacial score (nSPS) is 10.2. The Balaban J connectivity index is 2.19. The Morgan fingerprint density at radius 3 is 2.76 bits per heavy atom. The Hall–Kier alpha value is -2.07. The standard InChI is InChI=1S/C16H18ClN3O/c1-3-8-18-15-10-12(9-14(17)20-15)16(21)19-13-7-5-4-6-11(13)2/h4-7,9-10H,3,8H2,1-2H3,(H,18,20)(H,19,21). The number of rotatable bonds is 5. The van der Waals surface area contributed by atoms with Gasteiger partial charge in [-0.15, -0.1) is 0 Å². The highest BCUT2D eigenvalue weighted by atomic mass is 35.5. The van der Waals surface area contributed by atoms with Crippen LogP contribution in [0.4, 0.5) is 11.5 Å². The van der Waals surface area contributed by atoms with Gasteiger partial charge in [0.1, 0.15) is 11.0 Å². The van der Waals surface area contributed by atoms with Crippen LogP contribution in [0.5, 0.6) is 0 Å². The second kappa shape index (κ2) is 7.09. The number of hydrogen-bond donors (Lipinski definition) is 2. The molecule has 1 aromatic heterocycles. The van der Waals surface area contributed by atoms with Gasteiger partial charge < -0.3 is 10.6 Å². The number of anilines is 2. The number of para-hydroxylation sites is 1. The SMILES string of the molecule is CCCNc1cc(C(=O)Nc2ccccc2C)cc(Cl)n1. The third-order valence-corrected chi connectivity index (χ3v) is 3.20. The second-order valence-electron chi connectivity index (χ2n) is 4.76. The smallest absolute Gasteiger partial charge is 0.255 e. The van der Waals surface area contributed by atoms with Crippen molar-refractivity contribution in [1.29, 1.82) is 0 Å². The molecule has 0 aliphatic rings. The van der Waals surface area contributed by atoms with Gasteiger partial charge >= 0.3 is 0 Å². The molecule has 0 aliphatic heterocycles. The molecule has 2 N–H and O–H groups in total. The van der Waals surface area contributed by atoms with E-state index in [4.69, 9.17) is 11.6 Å². The first-order chi connectivity index (χ1) is 10.1. The van der Waals surface area contributed by atoms with E-state index in [9.17, 15) is 4.79 Å². The van der Waals surface area contributed by atoms with Crippen molar-refractivity contribution in [2.75, 3.05) is 17.2 Å². The van der Waals surface area contributed by atoms with Gasteiger partial charge in [0.05, 0.1) is 0 Å². The molecular weight excluding hydrogens is 286 g/mol. The number of aryl methyl sites for hydroxylation is 1. The van der Waals surface area contributed by atoms with Crippen molar-refractivity contribution in [1.82, 2.24) is 4.98 Å². The molecule has 2 rings (SSSR count). The van der Waals surface area contributed by atoms with Crippen LogP contribution in [-0.2, 0) is 0 Å². The number of pyridine rings is 1. The summed E-state index contributed by atoms with van der Waals surface area (Å²) in [5.74, 6) is 0.410. The largest absolute Gasteiger partial charge is 0.370 e. The zero-order valence-corrected chi connectivity index (χ0v) is 12.9. The number of carbonyl (C=O) groups excluding carboxylic acids is 1. The maximum Gasteiger partial charge on any atom is 0.255 e. The van der Waals surface area contributed by atoms with Gasteiger partial charge in [-0.1, -0.05) is 36.7 Å². The van der Waals surface area contributed by atoms with Crippen molar-refractivity contribution in [3.63, 3.8) is 0 Å². The number of amides is 1. The van der Waals surface area contributed by atoms with E-state index in [1.54, 1.807) is 12.1 Å². The summed E-state index contributed by atoms with van der Waals surface area (Å²) in [6.07, 6.45) is 0.971. The second-order valence-corrected chi connectivity index (χ2v) is 5.15. The van der Waals surface area contributed by atoms with Gasteiger partial charge in [-0.3, -0.25) is 4.79 Å². The van der Waals surface area contributed by atoms with Gasteiger partial charge in [-0.2, -0.15) is 0 Å². The predicted molar refractivity (Wildman–Crippen MR) is 87.2 cm³/mol. The summed E-state index contributed by atoms with van der Waals surface area (Å²) >= 11 is 5.98. The molecular formula is C16H18ClN3O. The Labute approximate surface area is 129 Å². The summed E-state index contributed by atoms with van der Waals surface area (Å²) in [4.78, 5) is 16.5. The van der Waals surface area contributed by atoms with Gasteiger partial charge in [0, 0.05) is 17.8 Å². The molecule has 110 valence electrons. The molecule has 4 nitrogen and oxygen atoms in total. The lowest BCUT2D eigenvalue weighted by molar-refractivity contribution is 0.102. The Kier molecular flexibility index (Phi) is 5.17. The van der Waals surface area contributed by atoms with Crippen molar-refractivity contribution < 1.29 is 4.79 Å². The molecule has 1 heterocycles. The van der Waals surface area contributed by atoms with Crippen molar-refractivity contribution in [2.45, 2.75) is 20.3 Å². The maximum absolute atomic E-state index is 12.3. The molecule has 0 aliphatic carbocycles. The van der Waals surface area contributed by atoms with Crippen LogP contribution < -0.4 is 10.6 Å². The molecule has 0 saturated carbocycles. The maximum atomic E-state index is 12.3. The molecule has 0 bridgehead atoms. The molecule has 2 aromatic rings. The zero-order valence-electron chi connectivity index (χ0n) is 12.1. The van der Waals surface area contributed by atoms with Crippen LogP contribution in [0, 0.1) is 6.92 Å². The van der Waals surface area contributed by atoms with E-state index in [2.05, 4.69) is 22.5 Å². The summed E-state index contributed by atoms with van der Waals surface area (Å²) in [7, 11) is 0. The van der Waals surface area contributed by atoms with Crippen LogP contribution in [0.25, 0.3) is 0 Å². The number of benzene rings is 1. The predicted octanol–water partition coefficient (Wildman–Crippen LogP) is 4.12. The lowest BCUT2D eigenvalue weighted by Crippen LogP contribution is -2.14. The molecule has 0 unspecified atom stereocenters. The summed E-state index contributed by atoms with van der Waals surface area (Å²) in [6, 6.07) is 10.9. The van der Waals surface area contributed by atoms with Gasteiger partial charge in [0.15, 0.2) is 0 Å². The number of carbonyl (C=O) groups is 1. The van der Waals surface area contributed by atoms with Gasteiger partial charge in [-0.05, 0) is 37.1 Å². The van der Waals surface area contributed by atoms with Crippen LogP contribution >= 0.6 is 11.6 Å². The Morgan fingerprint density at radius 2 is 2.05 bits per heavy atom. The lowest BCUT2D eigenvalue weighted by Gasteiger charge is -2.10. The average molecular weight is 304 g/mol. The summed E-state index contributed by atoms with van der Waals surface area (Å²) in [5, 5.41) is 6.31. The van der Waals surface area contributed by atoms with Crippen molar-refractivity contribution in [3.8, 4) is 0 Å². The number of aromatic nitrogens is 1. The fraction of sp³-hybridized carbons (Fsp3) is 0.250. The monoisotopic (exact) mass is 303 g/mol. The van der Waals surface area contributed by atoms with Crippen molar-refractivity contribution in [2.24, 2.45) is 0 Å². The third-order valence-electron chi connectivity index (χ3n) is 3.01. The minimum Gasteiger partial charge on any atom is -0.370 e. The van der Waals surface area contributed by atoms with Crippen LogP contribution in [-0.4, -0.2) is 17.4 Å². The molecule has 21 heavy (non-hydrogen) atoms. The van der Waals surface area contributed by atoms with E-state index in [0.29, 0.717) is 16.5 Å². The molecule has 0 radical (unpaired) electrons. The Morgan fingerprint density at radius 1 is 1.29 bits per heavy atom. The van der Waals surface area contributed by atoms with E-state index >= 15 is 0 Å². The number of nitrogens with one attached hydrogen (secondary N) is 2. The van der Waals surface area contributed by atoms with E-state index in [-0.39, 0.29) is 5.91 Å². The van der Waals surface area contributed by atoms with Crippen LogP contribution in [0.3, 0.4) is 0 Å². The van der Waals surface area contributed by atoms with Crippen molar-refractivity contribution >= 4 is 29.0 Å². The quantitative estimate of drug-likeness (QED) is 0.817. The summed E-state index contributed by atoms with van der Waals surface area (Å²) in [6.45, 7) is 4.79. The highest BCUT2D eigenvalue weighted by Gasteiger charge is 2.10. The minimum atomic E-state index is -0.201. The zero-order chi connectivity index (χ0) is 15.2. The molecule has 5 heteroatoms. The van der Waals surface area contributed by atoms with Gasteiger partial charge in [0.25, 0.3) is 5.91 Å². The topological polar surface area (TPSA) is 54.0 Å². The van der Waals surface area contributed by atoms with E-state index < -0.39 is 0 Å². The molecule has 0 fully saturated rings. The fourth-order valence-electron chi connectivity index (χ4n) is 1.88. The van der Waals surface area contributed by atoms with E-state index in [0.717, 1.165) is 24.2 Å². The first kappa shape index (κ1) is 15.3. The van der Waals surface area contributed by atoms with Gasteiger partial charge in [0.2, 0.25) is 0 Å². The highest BCUT2D eigenvalue weighted by Crippen LogP contribution is 2.18. The first-order valence-corrected chi connectivity index (χ1v) is 7.26. The van der Waals surface area contributed by atoms with Crippen LogP contribution in [0.1, 0.15) is 29.3 Å². The molecule has 1 aromatic carbocycles. The third kappa shape index (κ3) is 4.20. The van der Waals surface area contributed by atoms with Crippen molar-refractivity contribution in [3.05, 3.63) is 52.7 Å². The van der Waals surface area contributed by atoms with Crippen LogP contribution in [0.15, 0.2) is 36.4 Å². The molecule has 0 atom stereocenters. The average Bonchev–Trinajstić information content (AvgIpc) is 2.47. The van der Waals surface area contributed by atoms with E-state index in [1.807, 2.05) is 31.2 Å². The number of nitrogens with zero attached hydrogens (tertiary/aromatic N) is 1. The minimum absolute atomic E-state index is 0.201. The highest BCUT2D eigenvalue weighted by molar-refractivity contribution is 6.30. The summed E-state index contributed by atoms with van der Waals surface area (Å²) in [5.41, 5.74) is 2.28.